The van der Waals surface area contributed by atoms with Crippen LogP contribution in [-0.4, -0.2) is 0 Å². The quantitative estimate of drug-likeness (QED) is 0.479. The van der Waals surface area contributed by atoms with Crippen molar-refractivity contribution in [1.82, 2.24) is 0 Å². The Bertz CT molecular complexity index is 703. The molecule has 0 aliphatic rings. The van der Waals surface area contributed by atoms with Gasteiger partial charge in [-0.3, -0.25) is 0 Å². The molecule has 6 heteroatoms. The first-order chi connectivity index (χ1) is 9.34. The summed E-state index contributed by atoms with van der Waals surface area (Å²) in [7, 11) is 0. The number of halogens is 5. The van der Waals surface area contributed by atoms with E-state index in [0.717, 1.165) is 9.64 Å². The SMILES string of the molecule is N#Cc1ccc(I)cc1-c1cccc(C(F)(F)F)c1I. The van der Waals surface area contributed by atoms with Gasteiger partial charge in [0.2, 0.25) is 0 Å². The summed E-state index contributed by atoms with van der Waals surface area (Å²) in [6, 6.07) is 11.1. The Labute approximate surface area is 141 Å². The maximum atomic E-state index is 12.9. The molecule has 0 amide bonds. The van der Waals surface area contributed by atoms with Crippen LogP contribution in [0.25, 0.3) is 11.1 Å². The van der Waals surface area contributed by atoms with Gasteiger partial charge in [-0.15, -0.1) is 0 Å². The first-order valence-corrected chi connectivity index (χ1v) is 7.56. The summed E-state index contributed by atoms with van der Waals surface area (Å²) in [5.41, 5.74) is 0.631. The van der Waals surface area contributed by atoms with Crippen molar-refractivity contribution in [2.45, 2.75) is 6.18 Å². The number of nitriles is 1. The van der Waals surface area contributed by atoms with E-state index in [4.69, 9.17) is 5.26 Å². The Morgan fingerprint density at radius 3 is 2.30 bits per heavy atom. The lowest BCUT2D eigenvalue weighted by molar-refractivity contribution is -0.138. The fraction of sp³-hybridized carbons (Fsp3) is 0.0714. The molecule has 0 bridgehead atoms. The van der Waals surface area contributed by atoms with Crippen LogP contribution in [0.5, 0.6) is 0 Å². The molecule has 0 saturated heterocycles. The van der Waals surface area contributed by atoms with Crippen molar-refractivity contribution in [2.75, 3.05) is 0 Å². The van der Waals surface area contributed by atoms with Crippen molar-refractivity contribution >= 4 is 45.2 Å². The largest absolute Gasteiger partial charge is 0.417 e. The Hall–Kier alpha value is -0.820. The van der Waals surface area contributed by atoms with Crippen LogP contribution in [-0.2, 0) is 6.18 Å². The molecule has 0 spiro atoms. The minimum atomic E-state index is -4.40. The smallest absolute Gasteiger partial charge is 0.192 e. The van der Waals surface area contributed by atoms with E-state index >= 15 is 0 Å². The van der Waals surface area contributed by atoms with Crippen molar-refractivity contribution < 1.29 is 13.2 Å². The highest BCUT2D eigenvalue weighted by atomic mass is 127. The molecule has 20 heavy (non-hydrogen) atoms. The van der Waals surface area contributed by atoms with E-state index in [2.05, 4.69) is 22.6 Å². The maximum absolute atomic E-state index is 12.9. The van der Waals surface area contributed by atoms with Gasteiger partial charge in [0.25, 0.3) is 0 Å². The molecule has 1 nitrogen and oxygen atoms in total. The maximum Gasteiger partial charge on any atom is 0.417 e. The van der Waals surface area contributed by atoms with Gasteiger partial charge in [-0.2, -0.15) is 18.4 Å². The zero-order chi connectivity index (χ0) is 14.9. The second-order valence-corrected chi connectivity index (χ2v) is 6.29. The second-order valence-electron chi connectivity index (χ2n) is 3.97. The Morgan fingerprint density at radius 1 is 1.00 bits per heavy atom. The third kappa shape index (κ3) is 3.09. The van der Waals surface area contributed by atoms with Crippen LogP contribution >= 0.6 is 45.2 Å². The van der Waals surface area contributed by atoms with Crippen LogP contribution in [0, 0.1) is 18.5 Å². The molecule has 2 rings (SSSR count). The minimum Gasteiger partial charge on any atom is -0.192 e. The number of hydrogen-bond donors (Lipinski definition) is 0. The lowest BCUT2D eigenvalue weighted by Gasteiger charge is -2.14. The van der Waals surface area contributed by atoms with Crippen molar-refractivity contribution in [2.24, 2.45) is 0 Å². The molecule has 0 radical (unpaired) electrons. The van der Waals surface area contributed by atoms with Gasteiger partial charge in [0.15, 0.2) is 0 Å². The number of nitrogens with zero attached hydrogens (tertiary/aromatic N) is 1. The molecule has 2 aromatic carbocycles. The van der Waals surface area contributed by atoms with Crippen molar-refractivity contribution in [3.63, 3.8) is 0 Å². The van der Waals surface area contributed by atoms with Crippen LogP contribution in [0.1, 0.15) is 11.1 Å². The normalized spacial score (nSPS) is 11.2. The van der Waals surface area contributed by atoms with E-state index < -0.39 is 11.7 Å². The van der Waals surface area contributed by atoms with Gasteiger partial charge in [-0.25, -0.2) is 0 Å². The van der Waals surface area contributed by atoms with Crippen LogP contribution in [0.4, 0.5) is 13.2 Å². The molecule has 0 unspecified atom stereocenters. The first-order valence-electron chi connectivity index (χ1n) is 5.40. The van der Waals surface area contributed by atoms with E-state index in [-0.39, 0.29) is 3.57 Å². The minimum absolute atomic E-state index is 0.108. The Morgan fingerprint density at radius 2 is 1.70 bits per heavy atom. The highest BCUT2D eigenvalue weighted by Gasteiger charge is 2.33. The topological polar surface area (TPSA) is 23.8 Å². The van der Waals surface area contributed by atoms with E-state index in [1.165, 1.54) is 6.07 Å². The Kier molecular flexibility index (Phi) is 4.59. The number of hydrogen-bond acceptors (Lipinski definition) is 1. The average molecular weight is 499 g/mol. The van der Waals surface area contributed by atoms with Crippen LogP contribution < -0.4 is 0 Å². The van der Waals surface area contributed by atoms with Crippen molar-refractivity contribution in [3.8, 4) is 17.2 Å². The lowest BCUT2D eigenvalue weighted by Crippen LogP contribution is -2.08. The number of alkyl halides is 3. The fourth-order valence-corrected chi connectivity index (χ4v) is 3.24. The second kappa shape index (κ2) is 5.89. The standard InChI is InChI=1S/C14H6F3I2N/c15-14(16,17)12-3-1-2-10(13(12)19)11-6-9(18)5-4-8(11)7-20/h1-6H. The van der Waals surface area contributed by atoms with E-state index in [1.54, 1.807) is 46.9 Å². The molecular formula is C14H6F3I2N. The van der Waals surface area contributed by atoms with E-state index in [1.807, 2.05) is 6.07 Å². The fourth-order valence-electron chi connectivity index (χ4n) is 1.80. The predicted molar refractivity (Wildman–Crippen MR) is 87.0 cm³/mol. The van der Waals surface area contributed by atoms with Crippen LogP contribution in [0.2, 0.25) is 0 Å². The van der Waals surface area contributed by atoms with Gasteiger partial charge in [0, 0.05) is 12.7 Å². The molecule has 0 fully saturated rings. The Balaban J connectivity index is 2.72. The molecule has 0 atom stereocenters. The van der Waals surface area contributed by atoms with E-state index in [0.29, 0.717) is 16.7 Å². The van der Waals surface area contributed by atoms with Gasteiger partial charge in [-0.1, -0.05) is 12.1 Å². The predicted octanol–water partition coefficient (Wildman–Crippen LogP) is 5.45. The first kappa shape index (κ1) is 15.6. The van der Waals surface area contributed by atoms with Gasteiger partial charge >= 0.3 is 6.18 Å². The lowest BCUT2D eigenvalue weighted by atomic mass is 9.98. The summed E-state index contributed by atoms with van der Waals surface area (Å²) >= 11 is 3.75. The van der Waals surface area contributed by atoms with Gasteiger partial charge in [-0.05, 0) is 75.0 Å². The average Bonchev–Trinajstić information content (AvgIpc) is 2.37. The molecule has 2 aromatic rings. The summed E-state index contributed by atoms with van der Waals surface area (Å²) in [5.74, 6) is 0. The monoisotopic (exact) mass is 499 g/mol. The summed E-state index contributed by atoms with van der Waals surface area (Å²) in [6.07, 6.45) is -4.40. The highest BCUT2D eigenvalue weighted by molar-refractivity contribution is 14.1. The zero-order valence-corrected chi connectivity index (χ0v) is 14.1. The summed E-state index contributed by atoms with van der Waals surface area (Å²) in [4.78, 5) is 0. The zero-order valence-electron chi connectivity index (χ0n) is 9.80. The molecule has 0 aromatic heterocycles. The van der Waals surface area contributed by atoms with Gasteiger partial charge in [0.1, 0.15) is 0 Å². The molecule has 0 heterocycles. The van der Waals surface area contributed by atoms with E-state index in [9.17, 15) is 13.2 Å². The molecule has 102 valence electrons. The third-order valence-electron chi connectivity index (χ3n) is 2.70. The number of rotatable bonds is 1. The van der Waals surface area contributed by atoms with Crippen molar-refractivity contribution in [1.29, 1.82) is 5.26 Å². The highest BCUT2D eigenvalue weighted by Crippen LogP contribution is 2.38. The summed E-state index contributed by atoms with van der Waals surface area (Å²) in [6.45, 7) is 0. The van der Waals surface area contributed by atoms with Crippen LogP contribution in [0.15, 0.2) is 36.4 Å². The molecule has 0 saturated carbocycles. The molecule has 0 N–H and O–H groups in total. The molecule has 0 aliphatic carbocycles. The molecular weight excluding hydrogens is 493 g/mol. The summed E-state index contributed by atoms with van der Waals surface area (Å²) in [5, 5.41) is 9.11. The molecule has 0 aliphatic heterocycles. The summed E-state index contributed by atoms with van der Waals surface area (Å²) < 4.78 is 39.8. The number of benzene rings is 2. The van der Waals surface area contributed by atoms with Gasteiger partial charge < -0.3 is 0 Å². The van der Waals surface area contributed by atoms with Gasteiger partial charge in [0.05, 0.1) is 17.2 Å². The third-order valence-corrected chi connectivity index (χ3v) is 4.53. The van der Waals surface area contributed by atoms with Crippen LogP contribution in [0.3, 0.4) is 0 Å². The van der Waals surface area contributed by atoms with Crippen molar-refractivity contribution in [3.05, 3.63) is 54.7 Å².